The fraction of sp³-hybridized carbons (Fsp3) is 0.500. The molecule has 100 valence electrons. The standard InChI is InChI=1S/C12H19N3O2S/c1-4-6(3)15-12-8(11(14)17)9(13)10(18-12)7(16)5-2/h6,15H,4-5,13H2,1-3H3,(H2,14,17). The molecule has 0 bridgehead atoms. The molecule has 1 rings (SSSR count). The minimum absolute atomic E-state index is 0.0720. The van der Waals surface area contributed by atoms with Gasteiger partial charge in [-0.3, -0.25) is 9.59 Å². The molecule has 6 heteroatoms. The maximum atomic E-state index is 11.7. The van der Waals surface area contributed by atoms with E-state index in [9.17, 15) is 9.59 Å². The molecule has 0 aliphatic rings. The summed E-state index contributed by atoms with van der Waals surface area (Å²) < 4.78 is 0. The van der Waals surface area contributed by atoms with Gasteiger partial charge in [-0.15, -0.1) is 11.3 Å². The first-order valence-electron chi connectivity index (χ1n) is 5.94. The van der Waals surface area contributed by atoms with Crippen LogP contribution in [0.5, 0.6) is 0 Å². The number of carbonyl (C=O) groups is 2. The number of rotatable bonds is 6. The third kappa shape index (κ3) is 2.81. The van der Waals surface area contributed by atoms with Gasteiger partial charge in [-0.25, -0.2) is 0 Å². The van der Waals surface area contributed by atoms with E-state index in [0.717, 1.165) is 6.42 Å². The minimum atomic E-state index is -0.607. The number of ketones is 1. The molecule has 0 spiro atoms. The number of hydrogen-bond donors (Lipinski definition) is 3. The molecule has 0 radical (unpaired) electrons. The smallest absolute Gasteiger partial charge is 0.253 e. The van der Waals surface area contributed by atoms with Crippen LogP contribution in [0.1, 0.15) is 53.6 Å². The number of nitrogens with two attached hydrogens (primary N) is 2. The zero-order chi connectivity index (χ0) is 13.9. The first kappa shape index (κ1) is 14.5. The van der Waals surface area contributed by atoms with Crippen molar-refractivity contribution in [2.24, 2.45) is 5.73 Å². The van der Waals surface area contributed by atoms with Crippen LogP contribution in [0.25, 0.3) is 0 Å². The largest absolute Gasteiger partial charge is 0.397 e. The number of nitrogen functional groups attached to an aromatic ring is 1. The molecular formula is C12H19N3O2S. The molecule has 0 saturated heterocycles. The third-order valence-electron chi connectivity index (χ3n) is 2.76. The van der Waals surface area contributed by atoms with Gasteiger partial charge < -0.3 is 16.8 Å². The summed E-state index contributed by atoms with van der Waals surface area (Å²) in [7, 11) is 0. The molecule has 5 N–H and O–H groups in total. The lowest BCUT2D eigenvalue weighted by Crippen LogP contribution is -2.18. The van der Waals surface area contributed by atoms with Crippen LogP contribution < -0.4 is 16.8 Å². The van der Waals surface area contributed by atoms with Crippen molar-refractivity contribution in [1.82, 2.24) is 0 Å². The fourth-order valence-corrected chi connectivity index (χ4v) is 2.73. The van der Waals surface area contributed by atoms with Gasteiger partial charge in [0.2, 0.25) is 0 Å². The number of anilines is 2. The van der Waals surface area contributed by atoms with Gasteiger partial charge >= 0.3 is 0 Å². The number of carbonyl (C=O) groups excluding carboxylic acids is 2. The second-order valence-corrected chi connectivity index (χ2v) is 5.16. The lowest BCUT2D eigenvalue weighted by molar-refractivity contribution is 0.0991. The number of primary amides is 1. The Morgan fingerprint density at radius 3 is 2.44 bits per heavy atom. The topological polar surface area (TPSA) is 98.2 Å². The zero-order valence-corrected chi connectivity index (χ0v) is 11.7. The van der Waals surface area contributed by atoms with E-state index in [-0.39, 0.29) is 23.1 Å². The SMILES string of the molecule is CCC(=O)c1sc(NC(C)CC)c(C(N)=O)c1N. The summed E-state index contributed by atoms with van der Waals surface area (Å²) in [6.45, 7) is 5.77. The summed E-state index contributed by atoms with van der Waals surface area (Å²) in [6, 6.07) is 0.186. The molecule has 0 aliphatic carbocycles. The Balaban J connectivity index is 3.24. The van der Waals surface area contributed by atoms with E-state index in [1.807, 2.05) is 13.8 Å². The van der Waals surface area contributed by atoms with Crippen molar-refractivity contribution in [3.63, 3.8) is 0 Å². The quantitative estimate of drug-likeness (QED) is 0.690. The van der Waals surface area contributed by atoms with Crippen LogP contribution in [-0.2, 0) is 0 Å². The van der Waals surface area contributed by atoms with Gasteiger partial charge in [0.15, 0.2) is 5.78 Å². The molecular weight excluding hydrogens is 250 g/mol. The summed E-state index contributed by atoms with van der Waals surface area (Å²) >= 11 is 1.20. The lowest BCUT2D eigenvalue weighted by atomic mass is 10.1. The summed E-state index contributed by atoms with van der Waals surface area (Å²) in [5.74, 6) is -0.679. The highest BCUT2D eigenvalue weighted by molar-refractivity contribution is 7.19. The van der Waals surface area contributed by atoms with Crippen molar-refractivity contribution in [3.05, 3.63) is 10.4 Å². The Hall–Kier alpha value is -1.56. The van der Waals surface area contributed by atoms with Crippen LogP contribution >= 0.6 is 11.3 Å². The van der Waals surface area contributed by atoms with Crippen LogP contribution in [0, 0.1) is 0 Å². The summed E-state index contributed by atoms with van der Waals surface area (Å²) in [5.41, 5.74) is 11.6. The second-order valence-electron chi connectivity index (χ2n) is 4.14. The number of Topliss-reactive ketones (excluding diaryl/α,β-unsaturated/α-hetero) is 1. The monoisotopic (exact) mass is 269 g/mol. The average molecular weight is 269 g/mol. The van der Waals surface area contributed by atoms with Crippen molar-refractivity contribution in [2.45, 2.75) is 39.7 Å². The van der Waals surface area contributed by atoms with Gasteiger partial charge in [-0.05, 0) is 13.3 Å². The number of thiophene rings is 1. The van der Waals surface area contributed by atoms with Crippen molar-refractivity contribution in [3.8, 4) is 0 Å². The summed E-state index contributed by atoms with van der Waals surface area (Å²) in [6.07, 6.45) is 1.25. The van der Waals surface area contributed by atoms with Gasteiger partial charge in [0.1, 0.15) is 5.00 Å². The molecule has 1 heterocycles. The normalized spacial score (nSPS) is 12.2. The van der Waals surface area contributed by atoms with Crippen LogP contribution in [0.2, 0.25) is 0 Å². The summed E-state index contributed by atoms with van der Waals surface area (Å²) in [5, 5.41) is 3.76. The number of nitrogens with one attached hydrogen (secondary N) is 1. The zero-order valence-electron chi connectivity index (χ0n) is 10.9. The van der Waals surface area contributed by atoms with E-state index >= 15 is 0 Å². The van der Waals surface area contributed by atoms with Crippen molar-refractivity contribution in [1.29, 1.82) is 0 Å². The maximum Gasteiger partial charge on any atom is 0.253 e. The van der Waals surface area contributed by atoms with E-state index in [0.29, 0.717) is 16.3 Å². The highest BCUT2D eigenvalue weighted by Crippen LogP contribution is 2.36. The maximum absolute atomic E-state index is 11.7. The minimum Gasteiger partial charge on any atom is -0.397 e. The van der Waals surface area contributed by atoms with Gasteiger partial charge in [0.05, 0.1) is 16.1 Å². The molecule has 1 unspecified atom stereocenters. The van der Waals surface area contributed by atoms with Crippen molar-refractivity contribution in [2.75, 3.05) is 11.1 Å². The van der Waals surface area contributed by atoms with Crippen molar-refractivity contribution >= 4 is 33.7 Å². The van der Waals surface area contributed by atoms with E-state index < -0.39 is 5.91 Å². The molecule has 18 heavy (non-hydrogen) atoms. The Morgan fingerprint density at radius 1 is 1.39 bits per heavy atom. The molecule has 5 nitrogen and oxygen atoms in total. The first-order valence-corrected chi connectivity index (χ1v) is 6.75. The van der Waals surface area contributed by atoms with Crippen molar-refractivity contribution < 1.29 is 9.59 Å². The molecule has 1 aromatic rings. The van der Waals surface area contributed by atoms with E-state index in [1.54, 1.807) is 6.92 Å². The molecule has 0 aliphatic heterocycles. The van der Waals surface area contributed by atoms with Gasteiger partial charge in [-0.2, -0.15) is 0 Å². The Kier molecular flexibility index (Phi) is 4.72. The lowest BCUT2D eigenvalue weighted by Gasteiger charge is -2.11. The molecule has 0 fully saturated rings. The molecule has 0 saturated carbocycles. The highest BCUT2D eigenvalue weighted by atomic mass is 32.1. The van der Waals surface area contributed by atoms with Crippen LogP contribution in [0.3, 0.4) is 0 Å². The Morgan fingerprint density at radius 2 is 2.00 bits per heavy atom. The fourth-order valence-electron chi connectivity index (χ4n) is 1.48. The second kappa shape index (κ2) is 5.86. The average Bonchev–Trinajstić information content (AvgIpc) is 2.65. The van der Waals surface area contributed by atoms with E-state index in [2.05, 4.69) is 5.32 Å². The van der Waals surface area contributed by atoms with E-state index in [4.69, 9.17) is 11.5 Å². The first-order chi connectivity index (χ1) is 8.42. The predicted molar refractivity (Wildman–Crippen MR) is 75.2 cm³/mol. The predicted octanol–water partition coefficient (Wildman–Crippen LogP) is 2.23. The van der Waals surface area contributed by atoms with Gasteiger partial charge in [0, 0.05) is 12.5 Å². The molecule has 0 aromatic carbocycles. The number of hydrogen-bond acceptors (Lipinski definition) is 5. The highest BCUT2D eigenvalue weighted by Gasteiger charge is 2.23. The van der Waals surface area contributed by atoms with Crippen LogP contribution in [0.15, 0.2) is 0 Å². The molecule has 1 atom stereocenters. The van der Waals surface area contributed by atoms with Crippen LogP contribution in [0.4, 0.5) is 10.7 Å². The van der Waals surface area contributed by atoms with Gasteiger partial charge in [-0.1, -0.05) is 13.8 Å². The van der Waals surface area contributed by atoms with E-state index in [1.165, 1.54) is 11.3 Å². The van der Waals surface area contributed by atoms with Crippen LogP contribution in [-0.4, -0.2) is 17.7 Å². The summed E-state index contributed by atoms with van der Waals surface area (Å²) in [4.78, 5) is 23.6. The Bertz CT molecular complexity index is 468. The third-order valence-corrected chi connectivity index (χ3v) is 3.93. The molecule has 1 amide bonds. The molecule has 1 aromatic heterocycles. The van der Waals surface area contributed by atoms with Gasteiger partial charge in [0.25, 0.3) is 5.91 Å². The number of amides is 1. The Labute approximate surface area is 111 Å².